The van der Waals surface area contributed by atoms with Crippen molar-refractivity contribution in [2.24, 2.45) is 0 Å². The maximum atomic E-state index is 9.52. The number of hydrogen-bond acceptors (Lipinski definition) is 8. The topological polar surface area (TPSA) is 125 Å². The van der Waals surface area contributed by atoms with Gasteiger partial charge in [-0.3, -0.25) is 0 Å². The molecule has 14 aromatic rings. The molecule has 2 heterocycles. The van der Waals surface area contributed by atoms with Gasteiger partial charge in [0.2, 0.25) is 0 Å². The first kappa shape index (κ1) is 51.6. The largest absolute Gasteiger partial charge is 0.208 e. The second kappa shape index (κ2) is 23.5. The summed E-state index contributed by atoms with van der Waals surface area (Å²) in [6.07, 6.45) is 0. The van der Waals surface area contributed by atoms with E-state index in [1.807, 2.05) is 170 Å². The van der Waals surface area contributed by atoms with E-state index in [2.05, 4.69) is 133 Å². The van der Waals surface area contributed by atoms with Crippen molar-refractivity contribution in [3.63, 3.8) is 0 Å². The number of nitriles is 2. The van der Waals surface area contributed by atoms with Crippen LogP contribution in [0.5, 0.6) is 0 Å². The van der Waals surface area contributed by atoms with Crippen molar-refractivity contribution >= 4 is 21.5 Å². The lowest BCUT2D eigenvalue weighted by atomic mass is 9.95. The van der Waals surface area contributed by atoms with Crippen LogP contribution in [0.15, 0.2) is 291 Å². The molecule has 0 spiro atoms. The van der Waals surface area contributed by atoms with E-state index in [9.17, 15) is 10.5 Å². The zero-order valence-corrected chi connectivity index (χ0v) is 45.3. The van der Waals surface area contributed by atoms with Gasteiger partial charge in [0.1, 0.15) is 0 Å². The highest BCUT2D eigenvalue weighted by atomic mass is 15.0. The Morgan fingerprint density at radius 2 is 0.476 bits per heavy atom. The first-order valence-electron chi connectivity index (χ1n) is 27.5. The van der Waals surface area contributed by atoms with Crippen LogP contribution in [-0.4, -0.2) is 29.9 Å². The quantitative estimate of drug-likeness (QED) is 0.133. The number of aromatic nitrogens is 6. The maximum absolute atomic E-state index is 9.52. The standard InChI is InChI=1S/2C38H24N4/c39-25-26-8-7-13-31(22-26)33-20-21-34-23-32(18-19-35(34)24-33)27-14-16-30(17-15-27)38-41-36(28-9-3-1-4-10-28)40-37(42-38)29-11-5-2-6-12-29;39-25-34-13-7-8-14-35(34)33-22-21-31-23-30(19-20-32(31)24-33)26-15-17-29(18-16-26)38-41-36(27-9-3-1-4-10-27)40-37(42-38)28-11-5-2-6-12-28/h2*1-24H. The molecule has 0 aliphatic heterocycles. The van der Waals surface area contributed by atoms with E-state index in [0.29, 0.717) is 46.1 Å². The van der Waals surface area contributed by atoms with Crippen LogP contribution in [-0.2, 0) is 0 Å². The molecule has 14 rings (SSSR count). The van der Waals surface area contributed by atoms with Gasteiger partial charge in [0.25, 0.3) is 0 Å². The van der Waals surface area contributed by atoms with Crippen molar-refractivity contribution in [2.75, 3.05) is 0 Å². The normalized spacial score (nSPS) is 10.8. The molecular formula is C76H48N8. The molecule has 12 aromatic carbocycles. The van der Waals surface area contributed by atoms with Gasteiger partial charge in [0, 0.05) is 33.4 Å². The molecule has 8 nitrogen and oxygen atoms in total. The number of hydrogen-bond donors (Lipinski definition) is 0. The van der Waals surface area contributed by atoms with Crippen LogP contribution in [0, 0.1) is 22.7 Å². The molecule has 0 saturated heterocycles. The highest BCUT2D eigenvalue weighted by Crippen LogP contribution is 2.34. The minimum atomic E-state index is 0.637. The van der Waals surface area contributed by atoms with E-state index < -0.39 is 0 Å². The van der Waals surface area contributed by atoms with E-state index in [-0.39, 0.29) is 0 Å². The summed E-state index contributed by atoms with van der Waals surface area (Å²) in [5.41, 5.74) is 15.6. The van der Waals surface area contributed by atoms with Crippen LogP contribution in [0.4, 0.5) is 0 Å². The van der Waals surface area contributed by atoms with E-state index in [0.717, 1.165) is 99.4 Å². The maximum Gasteiger partial charge on any atom is 0.164 e. The monoisotopic (exact) mass is 1070 g/mol. The van der Waals surface area contributed by atoms with Crippen LogP contribution < -0.4 is 0 Å². The average Bonchev–Trinajstić information content (AvgIpc) is 3.77. The number of benzene rings is 12. The lowest BCUT2D eigenvalue weighted by Gasteiger charge is -2.10. The second-order valence-electron chi connectivity index (χ2n) is 20.1. The molecule has 0 saturated carbocycles. The molecule has 84 heavy (non-hydrogen) atoms. The third kappa shape index (κ3) is 11.2. The van der Waals surface area contributed by atoms with Gasteiger partial charge in [-0.2, -0.15) is 10.5 Å². The summed E-state index contributed by atoms with van der Waals surface area (Å²) in [5.74, 6) is 3.87. The zero-order chi connectivity index (χ0) is 56.6. The van der Waals surface area contributed by atoms with Gasteiger partial charge < -0.3 is 0 Å². The van der Waals surface area contributed by atoms with Crippen molar-refractivity contribution in [1.29, 1.82) is 10.5 Å². The zero-order valence-electron chi connectivity index (χ0n) is 45.3. The van der Waals surface area contributed by atoms with Gasteiger partial charge in [-0.25, -0.2) is 29.9 Å². The van der Waals surface area contributed by atoms with Crippen LogP contribution in [0.25, 0.3) is 134 Å². The Morgan fingerprint density at radius 3 is 0.845 bits per heavy atom. The predicted molar refractivity (Wildman–Crippen MR) is 338 cm³/mol. The SMILES string of the molecule is N#Cc1cccc(-c2ccc3cc(-c4ccc(-c5nc(-c6ccccc6)nc(-c6ccccc6)n5)cc4)ccc3c2)c1.N#Cc1ccccc1-c1ccc2cc(-c3ccc(-c4nc(-c5ccccc5)nc(-c5ccccc5)n4)cc3)ccc2c1. The van der Waals surface area contributed by atoms with Gasteiger partial charge >= 0.3 is 0 Å². The Hall–Kier alpha value is -11.8. The smallest absolute Gasteiger partial charge is 0.164 e. The Kier molecular flexibility index (Phi) is 14.4. The first-order valence-corrected chi connectivity index (χ1v) is 27.5. The molecule has 0 atom stereocenters. The molecule has 2 aromatic heterocycles. The van der Waals surface area contributed by atoms with E-state index in [4.69, 9.17) is 29.9 Å². The molecular weight excluding hydrogens is 1020 g/mol. The molecule has 0 unspecified atom stereocenters. The van der Waals surface area contributed by atoms with Crippen molar-refractivity contribution < 1.29 is 0 Å². The van der Waals surface area contributed by atoms with Gasteiger partial charge in [-0.15, -0.1) is 0 Å². The first-order chi connectivity index (χ1) is 41.5. The van der Waals surface area contributed by atoms with Crippen molar-refractivity contribution in [3.05, 3.63) is 302 Å². The average molecular weight is 1070 g/mol. The fourth-order valence-corrected chi connectivity index (χ4v) is 10.3. The van der Waals surface area contributed by atoms with E-state index >= 15 is 0 Å². The Morgan fingerprint density at radius 1 is 0.202 bits per heavy atom. The van der Waals surface area contributed by atoms with Crippen LogP contribution >= 0.6 is 0 Å². The Bertz CT molecular complexity index is 4650. The minimum Gasteiger partial charge on any atom is -0.208 e. The Labute approximate surface area is 486 Å². The summed E-state index contributed by atoms with van der Waals surface area (Å²) < 4.78 is 0. The predicted octanol–water partition coefficient (Wildman–Crippen LogP) is 18.5. The molecule has 0 aliphatic rings. The molecule has 0 N–H and O–H groups in total. The summed E-state index contributed by atoms with van der Waals surface area (Å²) in [6.45, 7) is 0. The fraction of sp³-hybridized carbons (Fsp3) is 0. The van der Waals surface area contributed by atoms with Gasteiger partial charge in [0.05, 0.1) is 23.3 Å². The summed E-state index contributed by atoms with van der Waals surface area (Å²) in [5, 5.41) is 23.4. The summed E-state index contributed by atoms with van der Waals surface area (Å²) in [6, 6.07) is 102. The molecule has 0 radical (unpaired) electrons. The highest BCUT2D eigenvalue weighted by molar-refractivity contribution is 5.93. The van der Waals surface area contributed by atoms with E-state index in [1.54, 1.807) is 0 Å². The van der Waals surface area contributed by atoms with Crippen LogP contribution in [0.3, 0.4) is 0 Å². The third-order valence-electron chi connectivity index (χ3n) is 14.7. The van der Waals surface area contributed by atoms with Gasteiger partial charge in [0.15, 0.2) is 34.9 Å². The Balaban J connectivity index is 0.000000157. The van der Waals surface area contributed by atoms with Crippen molar-refractivity contribution in [3.8, 4) is 125 Å². The molecule has 0 aliphatic carbocycles. The lowest BCUT2D eigenvalue weighted by molar-refractivity contribution is 1.07. The van der Waals surface area contributed by atoms with E-state index in [1.165, 1.54) is 0 Å². The van der Waals surface area contributed by atoms with Crippen LogP contribution in [0.2, 0.25) is 0 Å². The number of fused-ring (bicyclic) bond motifs is 2. The lowest BCUT2D eigenvalue weighted by Crippen LogP contribution is -2.00. The second-order valence-corrected chi connectivity index (χ2v) is 20.1. The third-order valence-corrected chi connectivity index (χ3v) is 14.7. The summed E-state index contributed by atoms with van der Waals surface area (Å²) in [4.78, 5) is 29.0. The molecule has 392 valence electrons. The molecule has 0 bridgehead atoms. The fourth-order valence-electron chi connectivity index (χ4n) is 10.3. The molecule has 0 amide bonds. The van der Waals surface area contributed by atoms with Crippen molar-refractivity contribution in [2.45, 2.75) is 0 Å². The minimum absolute atomic E-state index is 0.637. The van der Waals surface area contributed by atoms with Crippen LogP contribution in [0.1, 0.15) is 11.1 Å². The summed E-state index contributed by atoms with van der Waals surface area (Å²) in [7, 11) is 0. The van der Waals surface area contributed by atoms with Gasteiger partial charge in [-0.05, 0) is 109 Å². The number of rotatable bonds is 10. The summed E-state index contributed by atoms with van der Waals surface area (Å²) >= 11 is 0. The number of nitrogens with zero attached hydrogens (tertiary/aromatic N) is 8. The van der Waals surface area contributed by atoms with Crippen molar-refractivity contribution in [1.82, 2.24) is 29.9 Å². The highest BCUT2D eigenvalue weighted by Gasteiger charge is 2.15. The molecule has 8 heteroatoms. The van der Waals surface area contributed by atoms with Gasteiger partial charge in [-0.1, -0.05) is 249 Å². The molecule has 0 fully saturated rings.